The molecule has 9 nitrogen and oxygen atoms in total. The van der Waals surface area contributed by atoms with Gasteiger partial charge in [-0.3, -0.25) is 19.6 Å². The molecule has 1 aromatic carbocycles. The molecule has 0 radical (unpaired) electrons. The number of aryl methyl sites for hydroxylation is 2. The van der Waals surface area contributed by atoms with Crippen LogP contribution >= 0.6 is 0 Å². The van der Waals surface area contributed by atoms with Crippen LogP contribution in [0.25, 0.3) is 0 Å². The topological polar surface area (TPSA) is 103 Å². The number of amides is 1. The summed E-state index contributed by atoms with van der Waals surface area (Å²) < 4.78 is 7.01. The lowest BCUT2D eigenvalue weighted by atomic mass is 10.0. The summed E-state index contributed by atoms with van der Waals surface area (Å²) in [6.07, 6.45) is 0.227. The lowest BCUT2D eigenvalue weighted by Gasteiger charge is -2.37. The maximum absolute atomic E-state index is 13.0. The molecule has 0 spiro atoms. The molecular formula is C19H25N5O4. The number of nitrogens with zero attached hydrogens (tertiary/aromatic N) is 4. The number of aromatic nitrogens is 2. The summed E-state index contributed by atoms with van der Waals surface area (Å²) in [5.41, 5.74) is 1.81. The van der Waals surface area contributed by atoms with E-state index in [1.165, 1.54) is 0 Å². The number of nitro groups is 1. The number of hydrogen-bond donors (Lipinski definition) is 1. The smallest absolute Gasteiger partial charge is 0.312 e. The first-order valence-electron chi connectivity index (χ1n) is 9.25. The average Bonchev–Trinajstić information content (AvgIpc) is 2.99. The van der Waals surface area contributed by atoms with Gasteiger partial charge in [-0.2, -0.15) is 5.10 Å². The Morgan fingerprint density at radius 1 is 1.39 bits per heavy atom. The number of hydrogen-bond acceptors (Lipinski definition) is 6. The summed E-state index contributed by atoms with van der Waals surface area (Å²) in [4.78, 5) is 25.6. The number of rotatable bonds is 6. The Morgan fingerprint density at radius 3 is 2.82 bits per heavy atom. The standard InChI is InChI=1S/C19H25N5O4/c1-13-19(24(26)27)14(2)23(21-13)10-8-18(25)22-11-9-20-12-16(22)15-6-4-5-7-17(15)28-3/h4-7,16,20H,8-12H2,1-3H3. The summed E-state index contributed by atoms with van der Waals surface area (Å²) >= 11 is 0. The third-order valence-electron chi connectivity index (χ3n) is 5.12. The Kier molecular flexibility index (Phi) is 5.93. The fraction of sp³-hybridized carbons (Fsp3) is 0.474. The van der Waals surface area contributed by atoms with E-state index in [1.54, 1.807) is 25.6 Å². The van der Waals surface area contributed by atoms with Crippen LogP contribution in [0.1, 0.15) is 29.4 Å². The molecule has 1 N–H and O–H groups in total. The Bertz CT molecular complexity index is 879. The summed E-state index contributed by atoms with van der Waals surface area (Å²) in [7, 11) is 1.62. The van der Waals surface area contributed by atoms with E-state index >= 15 is 0 Å². The molecule has 2 heterocycles. The molecule has 1 aliphatic heterocycles. The summed E-state index contributed by atoms with van der Waals surface area (Å²) in [6.45, 7) is 5.55. The lowest BCUT2D eigenvalue weighted by Crippen LogP contribution is -2.49. The zero-order chi connectivity index (χ0) is 20.3. The van der Waals surface area contributed by atoms with Crippen molar-refractivity contribution in [3.05, 3.63) is 51.3 Å². The van der Waals surface area contributed by atoms with Gasteiger partial charge in [-0.15, -0.1) is 0 Å². The fourth-order valence-corrected chi connectivity index (χ4v) is 3.74. The number of methoxy groups -OCH3 is 1. The molecular weight excluding hydrogens is 362 g/mol. The molecule has 1 aromatic heterocycles. The van der Waals surface area contributed by atoms with Crippen LogP contribution in [-0.2, 0) is 11.3 Å². The zero-order valence-electron chi connectivity index (χ0n) is 16.3. The maximum atomic E-state index is 13.0. The molecule has 28 heavy (non-hydrogen) atoms. The van der Waals surface area contributed by atoms with Gasteiger partial charge in [0.15, 0.2) is 0 Å². The second-order valence-corrected chi connectivity index (χ2v) is 6.80. The van der Waals surface area contributed by atoms with Crippen molar-refractivity contribution in [2.24, 2.45) is 0 Å². The first-order valence-corrected chi connectivity index (χ1v) is 9.25. The number of carbonyl (C=O) groups excluding carboxylic acids is 1. The van der Waals surface area contributed by atoms with Crippen molar-refractivity contribution in [2.75, 3.05) is 26.7 Å². The minimum atomic E-state index is -0.427. The Labute approximate surface area is 163 Å². The quantitative estimate of drug-likeness (QED) is 0.601. The van der Waals surface area contributed by atoms with E-state index in [4.69, 9.17) is 4.74 Å². The number of piperazine rings is 1. The van der Waals surface area contributed by atoms with Crippen LogP contribution in [0.3, 0.4) is 0 Å². The van der Waals surface area contributed by atoms with Gasteiger partial charge in [0.1, 0.15) is 17.1 Å². The van der Waals surface area contributed by atoms with Crippen LogP contribution in [0, 0.1) is 24.0 Å². The molecule has 1 atom stereocenters. The highest BCUT2D eigenvalue weighted by Gasteiger charge is 2.30. The van der Waals surface area contributed by atoms with E-state index < -0.39 is 4.92 Å². The molecule has 0 aliphatic carbocycles. The lowest BCUT2D eigenvalue weighted by molar-refractivity contribution is -0.386. The van der Waals surface area contributed by atoms with E-state index in [2.05, 4.69) is 10.4 Å². The van der Waals surface area contributed by atoms with Gasteiger partial charge in [-0.05, 0) is 19.9 Å². The van der Waals surface area contributed by atoms with Gasteiger partial charge in [-0.25, -0.2) is 0 Å². The number of para-hydroxylation sites is 1. The van der Waals surface area contributed by atoms with Gasteiger partial charge in [-0.1, -0.05) is 18.2 Å². The predicted octanol–water partition coefficient (Wildman–Crippen LogP) is 1.98. The van der Waals surface area contributed by atoms with Crippen molar-refractivity contribution in [1.29, 1.82) is 0 Å². The van der Waals surface area contributed by atoms with Crippen LogP contribution in [0.4, 0.5) is 5.69 Å². The summed E-state index contributed by atoms with van der Waals surface area (Å²) in [5.74, 6) is 0.746. The van der Waals surface area contributed by atoms with Crippen molar-refractivity contribution < 1.29 is 14.5 Å². The van der Waals surface area contributed by atoms with Gasteiger partial charge in [0.05, 0.1) is 24.6 Å². The average molecular weight is 387 g/mol. The third kappa shape index (κ3) is 3.84. The molecule has 0 saturated carbocycles. The minimum Gasteiger partial charge on any atom is -0.496 e. The van der Waals surface area contributed by atoms with Crippen LogP contribution < -0.4 is 10.1 Å². The predicted molar refractivity (Wildman–Crippen MR) is 103 cm³/mol. The van der Waals surface area contributed by atoms with Crippen molar-refractivity contribution in [1.82, 2.24) is 20.0 Å². The van der Waals surface area contributed by atoms with E-state index in [-0.39, 0.29) is 24.1 Å². The Hall–Kier alpha value is -2.94. The highest BCUT2D eigenvalue weighted by Crippen LogP contribution is 2.30. The summed E-state index contributed by atoms with van der Waals surface area (Å²) in [6, 6.07) is 7.58. The molecule has 0 bridgehead atoms. The van der Waals surface area contributed by atoms with Gasteiger partial charge >= 0.3 is 5.69 Å². The highest BCUT2D eigenvalue weighted by atomic mass is 16.6. The normalized spacial score (nSPS) is 16.8. The van der Waals surface area contributed by atoms with Crippen molar-refractivity contribution in [3.8, 4) is 5.75 Å². The maximum Gasteiger partial charge on any atom is 0.312 e. The second-order valence-electron chi connectivity index (χ2n) is 6.80. The van der Waals surface area contributed by atoms with Crippen LogP contribution in [0.2, 0.25) is 0 Å². The number of benzene rings is 1. The molecule has 1 unspecified atom stereocenters. The fourth-order valence-electron chi connectivity index (χ4n) is 3.74. The van der Waals surface area contributed by atoms with Crippen LogP contribution in [0.5, 0.6) is 5.75 Å². The van der Waals surface area contributed by atoms with Gasteiger partial charge in [0, 0.05) is 31.6 Å². The molecule has 9 heteroatoms. The second kappa shape index (κ2) is 8.39. The minimum absolute atomic E-state index is 0.00684. The highest BCUT2D eigenvalue weighted by molar-refractivity contribution is 5.77. The van der Waals surface area contributed by atoms with E-state index in [0.717, 1.165) is 17.9 Å². The van der Waals surface area contributed by atoms with Crippen LogP contribution in [0.15, 0.2) is 24.3 Å². The third-order valence-corrected chi connectivity index (χ3v) is 5.12. The molecule has 2 aromatic rings. The van der Waals surface area contributed by atoms with Gasteiger partial charge < -0.3 is 15.0 Å². The zero-order valence-corrected chi connectivity index (χ0v) is 16.3. The van der Waals surface area contributed by atoms with Crippen molar-refractivity contribution in [2.45, 2.75) is 32.9 Å². The molecule has 1 fully saturated rings. The molecule has 1 saturated heterocycles. The van der Waals surface area contributed by atoms with Gasteiger partial charge in [0.25, 0.3) is 0 Å². The van der Waals surface area contributed by atoms with Gasteiger partial charge in [0.2, 0.25) is 5.91 Å². The van der Waals surface area contributed by atoms with Crippen molar-refractivity contribution in [3.63, 3.8) is 0 Å². The molecule has 3 rings (SSSR count). The van der Waals surface area contributed by atoms with Crippen molar-refractivity contribution >= 4 is 11.6 Å². The van der Waals surface area contributed by atoms with E-state index in [9.17, 15) is 14.9 Å². The molecule has 150 valence electrons. The first-order chi connectivity index (χ1) is 13.4. The number of nitrogens with one attached hydrogen (secondary N) is 1. The SMILES string of the molecule is COc1ccccc1C1CNCCN1C(=O)CCn1nc(C)c([N+](=O)[O-])c1C. The first kappa shape index (κ1) is 19.8. The number of carbonyl (C=O) groups is 1. The Balaban J connectivity index is 1.75. The largest absolute Gasteiger partial charge is 0.496 e. The molecule has 1 aliphatic rings. The Morgan fingerprint density at radius 2 is 2.14 bits per heavy atom. The van der Waals surface area contributed by atoms with E-state index in [0.29, 0.717) is 31.0 Å². The number of ether oxygens (including phenoxy) is 1. The monoisotopic (exact) mass is 387 g/mol. The van der Waals surface area contributed by atoms with Crippen LogP contribution in [-0.4, -0.2) is 52.3 Å². The molecule has 1 amide bonds. The summed E-state index contributed by atoms with van der Waals surface area (Å²) in [5, 5.41) is 18.7. The van der Waals surface area contributed by atoms with E-state index in [1.807, 2.05) is 29.2 Å².